The zero-order chi connectivity index (χ0) is 18.5. The van der Waals surface area contributed by atoms with Gasteiger partial charge >= 0.3 is 0 Å². The fraction of sp³-hybridized carbons (Fsp3) is 0.222. The zero-order valence-corrected chi connectivity index (χ0v) is 17.1. The van der Waals surface area contributed by atoms with Gasteiger partial charge in [0.2, 0.25) is 0 Å². The normalized spacial score (nSPS) is 11.9. The lowest BCUT2D eigenvalue weighted by Crippen LogP contribution is -2.21. The second-order valence-electron chi connectivity index (χ2n) is 5.39. The van der Waals surface area contributed by atoms with Gasteiger partial charge in [-0.05, 0) is 42.5 Å². The van der Waals surface area contributed by atoms with E-state index in [2.05, 4.69) is 20.9 Å². The number of ether oxygens (including phenoxy) is 2. The predicted molar refractivity (Wildman–Crippen MR) is 107 cm³/mol. The molecule has 1 amide bonds. The average Bonchev–Trinajstić information content (AvgIpc) is 2.95. The molecule has 26 heavy (non-hydrogen) atoms. The number of halogens is 2. The largest absolute Gasteiger partial charge is 0.484 e. The van der Waals surface area contributed by atoms with Crippen LogP contribution in [0.25, 0.3) is 10.2 Å². The van der Waals surface area contributed by atoms with Gasteiger partial charge in [-0.15, -0.1) is 0 Å². The minimum Gasteiger partial charge on any atom is -0.484 e. The van der Waals surface area contributed by atoms with E-state index >= 15 is 0 Å². The van der Waals surface area contributed by atoms with Crippen LogP contribution in [0, 0.1) is 0 Å². The highest BCUT2D eigenvalue weighted by Crippen LogP contribution is 2.22. The van der Waals surface area contributed by atoms with Gasteiger partial charge in [0.1, 0.15) is 5.75 Å². The molecule has 5 nitrogen and oxygen atoms in total. The number of methoxy groups -OCH3 is 1. The minimum absolute atomic E-state index is 0.135. The van der Waals surface area contributed by atoms with E-state index in [1.807, 2.05) is 22.8 Å². The molecule has 0 spiro atoms. The zero-order valence-electron chi connectivity index (χ0n) is 13.9. The van der Waals surface area contributed by atoms with Crippen LogP contribution in [-0.4, -0.2) is 30.8 Å². The maximum absolute atomic E-state index is 12.3. The van der Waals surface area contributed by atoms with Crippen molar-refractivity contribution in [2.45, 2.75) is 6.54 Å². The molecule has 1 aromatic heterocycles. The number of hydrogen-bond donors (Lipinski definition) is 0. The van der Waals surface area contributed by atoms with Crippen LogP contribution in [0.5, 0.6) is 5.75 Å². The maximum Gasteiger partial charge on any atom is 0.286 e. The van der Waals surface area contributed by atoms with E-state index in [-0.39, 0.29) is 12.5 Å². The van der Waals surface area contributed by atoms with Crippen LogP contribution >= 0.6 is 38.9 Å². The molecule has 2 aromatic carbocycles. The molecule has 0 unspecified atom stereocenters. The lowest BCUT2D eigenvalue weighted by molar-refractivity contribution is -0.120. The number of aromatic nitrogens is 1. The van der Waals surface area contributed by atoms with E-state index in [9.17, 15) is 4.79 Å². The Hall–Kier alpha value is -1.67. The summed E-state index contributed by atoms with van der Waals surface area (Å²) < 4.78 is 14.7. The molecule has 0 saturated carbocycles. The van der Waals surface area contributed by atoms with Crippen molar-refractivity contribution >= 4 is 55.0 Å². The lowest BCUT2D eigenvalue weighted by Gasteiger charge is -2.05. The second-order valence-corrected chi connectivity index (χ2v) is 7.75. The first kappa shape index (κ1) is 19.1. The highest BCUT2D eigenvalue weighted by Gasteiger charge is 2.09. The Morgan fingerprint density at radius 3 is 2.77 bits per heavy atom. The highest BCUT2D eigenvalue weighted by molar-refractivity contribution is 9.10. The summed E-state index contributed by atoms with van der Waals surface area (Å²) in [6.45, 7) is 1.01. The topological polar surface area (TPSA) is 52.8 Å². The minimum atomic E-state index is -0.350. The quantitative estimate of drug-likeness (QED) is 0.558. The molecule has 1 heterocycles. The number of carbonyl (C=O) groups excluding carboxylic acids is 1. The Morgan fingerprint density at radius 2 is 2.04 bits per heavy atom. The number of benzene rings is 2. The van der Waals surface area contributed by atoms with Gasteiger partial charge in [0.05, 0.1) is 16.8 Å². The lowest BCUT2D eigenvalue weighted by atomic mass is 10.3. The summed E-state index contributed by atoms with van der Waals surface area (Å²) in [6, 6.07) is 12.8. The molecule has 0 atom stereocenters. The molecule has 8 heteroatoms. The van der Waals surface area contributed by atoms with E-state index in [4.69, 9.17) is 21.1 Å². The van der Waals surface area contributed by atoms with Crippen molar-refractivity contribution < 1.29 is 14.3 Å². The molecule has 0 fully saturated rings. The van der Waals surface area contributed by atoms with Gasteiger partial charge in [0, 0.05) is 23.1 Å². The summed E-state index contributed by atoms with van der Waals surface area (Å²) in [4.78, 5) is 17.1. The van der Waals surface area contributed by atoms with E-state index < -0.39 is 0 Å². The fourth-order valence-electron chi connectivity index (χ4n) is 2.35. The summed E-state index contributed by atoms with van der Waals surface area (Å²) in [5, 5.41) is 0.615. The van der Waals surface area contributed by atoms with E-state index in [1.165, 1.54) is 11.3 Å². The number of rotatable bonds is 6. The SMILES string of the molecule is COCCn1c(=NC(=O)COc2ccc(Cl)cc2)sc2cc(Br)ccc21. The molecule has 136 valence electrons. The first-order chi connectivity index (χ1) is 12.6. The first-order valence-corrected chi connectivity index (χ1v) is 9.79. The number of fused-ring (bicyclic) bond motifs is 1. The first-order valence-electron chi connectivity index (χ1n) is 7.80. The van der Waals surface area contributed by atoms with Crippen LogP contribution < -0.4 is 9.54 Å². The van der Waals surface area contributed by atoms with Gasteiger partial charge in [-0.3, -0.25) is 4.79 Å². The molecule has 0 aliphatic heterocycles. The summed E-state index contributed by atoms with van der Waals surface area (Å²) in [5.41, 5.74) is 1.01. The molecule has 0 radical (unpaired) electrons. The summed E-state index contributed by atoms with van der Waals surface area (Å²) in [6.07, 6.45) is 0. The van der Waals surface area contributed by atoms with Gasteiger partial charge in [-0.1, -0.05) is 38.9 Å². The third-order valence-corrected chi connectivity index (χ3v) is 5.35. The smallest absolute Gasteiger partial charge is 0.286 e. The third kappa shape index (κ3) is 4.73. The standard InChI is InChI=1S/C18H16BrClN2O3S/c1-24-9-8-22-15-7-2-12(19)10-16(15)26-18(22)21-17(23)11-25-14-5-3-13(20)4-6-14/h2-7,10H,8-9,11H2,1H3. The highest BCUT2D eigenvalue weighted by atomic mass is 79.9. The molecule has 0 aliphatic rings. The Morgan fingerprint density at radius 1 is 1.27 bits per heavy atom. The van der Waals surface area contributed by atoms with Gasteiger partial charge in [0.25, 0.3) is 5.91 Å². The summed E-state index contributed by atoms with van der Waals surface area (Å²) in [5.74, 6) is 0.224. The average molecular weight is 456 g/mol. The van der Waals surface area contributed by atoms with Crippen molar-refractivity contribution in [1.82, 2.24) is 4.57 Å². The molecule has 0 aliphatic carbocycles. The van der Waals surface area contributed by atoms with Gasteiger partial charge in [0.15, 0.2) is 11.4 Å². The number of nitrogens with zero attached hydrogens (tertiary/aromatic N) is 2. The molecule has 0 saturated heterocycles. The van der Waals surface area contributed by atoms with Crippen molar-refractivity contribution in [3.8, 4) is 5.75 Å². The van der Waals surface area contributed by atoms with Crippen molar-refractivity contribution in [2.75, 3.05) is 20.3 Å². The molecule has 0 N–H and O–H groups in total. The van der Waals surface area contributed by atoms with Crippen LogP contribution in [0.2, 0.25) is 5.02 Å². The van der Waals surface area contributed by atoms with E-state index in [1.54, 1.807) is 31.4 Å². The van der Waals surface area contributed by atoms with E-state index in [0.717, 1.165) is 14.7 Å². The number of amides is 1. The van der Waals surface area contributed by atoms with Gasteiger partial charge < -0.3 is 14.0 Å². The van der Waals surface area contributed by atoms with Crippen LogP contribution in [0.3, 0.4) is 0 Å². The molecule has 0 bridgehead atoms. The molecule has 3 aromatic rings. The third-order valence-electron chi connectivity index (χ3n) is 3.56. The van der Waals surface area contributed by atoms with Crippen molar-refractivity contribution in [1.29, 1.82) is 0 Å². The van der Waals surface area contributed by atoms with Crippen molar-refractivity contribution in [3.05, 3.63) is 56.8 Å². The molecular weight excluding hydrogens is 440 g/mol. The van der Waals surface area contributed by atoms with Crippen LogP contribution in [0.4, 0.5) is 0 Å². The Bertz CT molecular complexity index is 982. The summed E-state index contributed by atoms with van der Waals surface area (Å²) in [7, 11) is 1.65. The second kappa shape index (κ2) is 8.81. The number of thiazole rings is 1. The summed E-state index contributed by atoms with van der Waals surface area (Å²) >= 11 is 10.8. The maximum atomic E-state index is 12.3. The van der Waals surface area contributed by atoms with Gasteiger partial charge in [-0.25, -0.2) is 0 Å². The van der Waals surface area contributed by atoms with E-state index in [0.29, 0.717) is 28.7 Å². The molecular formula is C18H16BrClN2O3S. The monoisotopic (exact) mass is 454 g/mol. The van der Waals surface area contributed by atoms with Crippen LogP contribution in [0.15, 0.2) is 51.9 Å². The van der Waals surface area contributed by atoms with Crippen molar-refractivity contribution in [3.63, 3.8) is 0 Å². The Kier molecular flexibility index (Phi) is 6.48. The van der Waals surface area contributed by atoms with Crippen molar-refractivity contribution in [2.24, 2.45) is 4.99 Å². The predicted octanol–water partition coefficient (Wildman–Crippen LogP) is 4.27. The Labute approximate surface area is 168 Å². The van der Waals surface area contributed by atoms with Crippen LogP contribution in [0.1, 0.15) is 0 Å². The Balaban J connectivity index is 1.84. The van der Waals surface area contributed by atoms with Crippen LogP contribution in [-0.2, 0) is 16.1 Å². The number of hydrogen-bond acceptors (Lipinski definition) is 4. The van der Waals surface area contributed by atoms with Gasteiger partial charge in [-0.2, -0.15) is 4.99 Å². The number of carbonyl (C=O) groups is 1. The molecule has 3 rings (SSSR count). The fourth-order valence-corrected chi connectivity index (χ4v) is 4.10.